The Morgan fingerprint density at radius 3 is 2.71 bits per heavy atom. The van der Waals surface area contributed by atoms with Crippen molar-refractivity contribution < 1.29 is 5.11 Å². The molecular weight excluding hydrogens is 282 g/mol. The van der Waals surface area contributed by atoms with Crippen LogP contribution in [0.1, 0.15) is 24.7 Å². The van der Waals surface area contributed by atoms with Gasteiger partial charge in [-0.3, -0.25) is 9.67 Å². The van der Waals surface area contributed by atoms with Crippen LogP contribution in [0.3, 0.4) is 0 Å². The third-order valence-corrected chi connectivity index (χ3v) is 3.89. The van der Waals surface area contributed by atoms with Gasteiger partial charge in [0.1, 0.15) is 5.76 Å². The number of H-pyrrole nitrogens is 1. The number of allylic oxidation sites excluding steroid dienone is 3. The van der Waals surface area contributed by atoms with E-state index >= 15 is 0 Å². The van der Waals surface area contributed by atoms with E-state index in [0.717, 1.165) is 17.7 Å². The lowest BCUT2D eigenvalue weighted by molar-refractivity contribution is 0.424. The molecule has 5 heteroatoms. The van der Waals surface area contributed by atoms with Crippen LogP contribution in [-0.2, 0) is 0 Å². The van der Waals surface area contributed by atoms with Crippen molar-refractivity contribution >= 4 is 17.8 Å². The van der Waals surface area contributed by atoms with Crippen molar-refractivity contribution in [2.75, 3.05) is 0 Å². The van der Waals surface area contributed by atoms with Gasteiger partial charge in [0.05, 0.1) is 5.57 Å². The molecule has 0 saturated carbocycles. The molecule has 0 radical (unpaired) electrons. The summed E-state index contributed by atoms with van der Waals surface area (Å²) in [6, 6.07) is 8.05. The fourth-order valence-corrected chi connectivity index (χ4v) is 2.69. The summed E-state index contributed by atoms with van der Waals surface area (Å²) < 4.78 is 2.36. The highest BCUT2D eigenvalue weighted by atomic mass is 32.1. The zero-order chi connectivity index (χ0) is 15.0. The molecule has 108 valence electrons. The summed E-state index contributed by atoms with van der Waals surface area (Å²) >= 11 is 5.34. The Bertz CT molecular complexity index is 781. The van der Waals surface area contributed by atoms with Crippen molar-refractivity contribution in [3.05, 3.63) is 58.3 Å². The smallest absolute Gasteiger partial charge is 0.200 e. The summed E-state index contributed by atoms with van der Waals surface area (Å²) in [5.41, 5.74) is 2.84. The molecule has 0 amide bonds. The Hall–Kier alpha value is -2.14. The van der Waals surface area contributed by atoms with Crippen LogP contribution in [0.2, 0.25) is 0 Å². The second-order valence-corrected chi connectivity index (χ2v) is 5.79. The minimum atomic E-state index is 0.260. The van der Waals surface area contributed by atoms with Crippen molar-refractivity contribution in [1.82, 2.24) is 14.8 Å². The third-order valence-electron chi connectivity index (χ3n) is 3.62. The van der Waals surface area contributed by atoms with Gasteiger partial charge in [0.25, 0.3) is 0 Å². The van der Waals surface area contributed by atoms with E-state index in [1.54, 1.807) is 0 Å². The first-order valence-corrected chi connectivity index (χ1v) is 7.33. The SMILES string of the molecule is Cc1ccc(-n2c(C3=CCC(C)C=C3O)n[nH]c2=S)cc1. The quantitative estimate of drug-likeness (QED) is 0.821. The van der Waals surface area contributed by atoms with Crippen LogP contribution in [0.5, 0.6) is 0 Å². The maximum absolute atomic E-state index is 10.2. The highest BCUT2D eigenvalue weighted by molar-refractivity contribution is 7.71. The molecule has 0 bridgehead atoms. The monoisotopic (exact) mass is 299 g/mol. The summed E-state index contributed by atoms with van der Waals surface area (Å²) in [6.07, 6.45) is 4.75. The number of hydrogen-bond acceptors (Lipinski definition) is 3. The number of hydrogen-bond donors (Lipinski definition) is 2. The van der Waals surface area contributed by atoms with E-state index < -0.39 is 0 Å². The van der Waals surface area contributed by atoms with Crippen molar-refractivity contribution in [2.24, 2.45) is 5.92 Å². The van der Waals surface area contributed by atoms with Crippen LogP contribution < -0.4 is 0 Å². The number of aliphatic hydroxyl groups excluding tert-OH is 1. The Balaban J connectivity index is 2.12. The van der Waals surface area contributed by atoms with E-state index in [1.807, 2.05) is 47.9 Å². The molecule has 0 saturated heterocycles. The van der Waals surface area contributed by atoms with Crippen LogP contribution in [0.25, 0.3) is 11.3 Å². The van der Waals surface area contributed by atoms with Gasteiger partial charge < -0.3 is 5.11 Å². The molecule has 0 aliphatic heterocycles. The van der Waals surface area contributed by atoms with Crippen molar-refractivity contribution in [1.29, 1.82) is 0 Å². The average Bonchev–Trinajstić information content (AvgIpc) is 2.82. The minimum Gasteiger partial charge on any atom is -0.508 e. The van der Waals surface area contributed by atoms with Gasteiger partial charge in [0.2, 0.25) is 0 Å². The second kappa shape index (κ2) is 5.33. The minimum absolute atomic E-state index is 0.260. The summed E-state index contributed by atoms with van der Waals surface area (Å²) in [4.78, 5) is 0. The number of aromatic nitrogens is 3. The van der Waals surface area contributed by atoms with Crippen molar-refractivity contribution in [2.45, 2.75) is 20.3 Å². The number of nitrogens with zero attached hydrogens (tertiary/aromatic N) is 2. The lowest BCUT2D eigenvalue weighted by Gasteiger charge is -2.16. The second-order valence-electron chi connectivity index (χ2n) is 5.41. The molecule has 1 aromatic heterocycles. The number of aliphatic hydroxyl groups is 1. The molecule has 1 unspecified atom stereocenters. The lowest BCUT2D eigenvalue weighted by Crippen LogP contribution is -2.07. The van der Waals surface area contributed by atoms with Crippen LogP contribution in [0.4, 0.5) is 0 Å². The molecule has 1 heterocycles. The zero-order valence-electron chi connectivity index (χ0n) is 12.0. The van der Waals surface area contributed by atoms with Crippen LogP contribution in [0.15, 0.2) is 42.2 Å². The largest absolute Gasteiger partial charge is 0.508 e. The normalized spacial score (nSPS) is 18.3. The number of aromatic amines is 1. The average molecular weight is 299 g/mol. The van der Waals surface area contributed by atoms with Gasteiger partial charge in [-0.15, -0.1) is 0 Å². The fourth-order valence-electron chi connectivity index (χ4n) is 2.45. The van der Waals surface area contributed by atoms with E-state index in [1.165, 1.54) is 5.56 Å². The van der Waals surface area contributed by atoms with Crippen molar-refractivity contribution in [3.63, 3.8) is 0 Å². The number of benzene rings is 1. The maximum Gasteiger partial charge on any atom is 0.200 e. The van der Waals surface area contributed by atoms with Gasteiger partial charge >= 0.3 is 0 Å². The first-order valence-electron chi connectivity index (χ1n) is 6.92. The van der Waals surface area contributed by atoms with E-state index in [-0.39, 0.29) is 5.76 Å². The van der Waals surface area contributed by atoms with Gasteiger partial charge in [-0.25, -0.2) is 0 Å². The fraction of sp³-hybridized carbons (Fsp3) is 0.250. The summed E-state index contributed by atoms with van der Waals surface area (Å²) in [6.45, 7) is 4.11. The topological polar surface area (TPSA) is 53.8 Å². The van der Waals surface area contributed by atoms with Gasteiger partial charge in [0.15, 0.2) is 10.6 Å². The van der Waals surface area contributed by atoms with E-state index in [2.05, 4.69) is 17.1 Å². The first kappa shape index (κ1) is 13.8. The molecule has 0 spiro atoms. The third kappa shape index (κ3) is 2.56. The van der Waals surface area contributed by atoms with E-state index in [4.69, 9.17) is 12.2 Å². The molecule has 2 N–H and O–H groups in total. The van der Waals surface area contributed by atoms with Crippen LogP contribution in [0, 0.1) is 17.6 Å². The number of nitrogens with one attached hydrogen (secondary N) is 1. The molecule has 0 fully saturated rings. The van der Waals surface area contributed by atoms with Gasteiger partial charge in [-0.05, 0) is 49.7 Å². The number of aryl methyl sites for hydroxylation is 1. The standard InChI is InChI=1S/C16H17N3OS/c1-10-3-6-12(7-4-10)19-15(17-18-16(19)21)13-8-5-11(2)9-14(13)20/h3-4,6-9,11,20H,5H2,1-2H3,(H,18,21). The van der Waals surface area contributed by atoms with Gasteiger partial charge in [-0.2, -0.15) is 5.10 Å². The van der Waals surface area contributed by atoms with E-state index in [0.29, 0.717) is 16.5 Å². The number of rotatable bonds is 2. The highest BCUT2D eigenvalue weighted by Gasteiger charge is 2.19. The molecule has 2 aromatic rings. The summed E-state index contributed by atoms with van der Waals surface area (Å²) in [5, 5.41) is 17.3. The van der Waals surface area contributed by atoms with Gasteiger partial charge in [-0.1, -0.05) is 30.7 Å². The van der Waals surface area contributed by atoms with Crippen LogP contribution >= 0.6 is 12.2 Å². The molecule has 1 aliphatic carbocycles. The predicted molar refractivity (Wildman–Crippen MR) is 86.0 cm³/mol. The maximum atomic E-state index is 10.2. The molecule has 1 atom stereocenters. The Kier molecular flexibility index (Phi) is 3.51. The van der Waals surface area contributed by atoms with Crippen molar-refractivity contribution in [3.8, 4) is 5.69 Å². The molecule has 3 rings (SSSR count). The Labute approximate surface area is 128 Å². The summed E-state index contributed by atoms with van der Waals surface area (Å²) in [5.74, 6) is 1.24. The highest BCUT2D eigenvalue weighted by Crippen LogP contribution is 2.29. The van der Waals surface area contributed by atoms with Crippen LogP contribution in [-0.4, -0.2) is 19.9 Å². The molecular formula is C16H17N3OS. The first-order chi connectivity index (χ1) is 10.1. The molecule has 1 aromatic carbocycles. The summed E-state index contributed by atoms with van der Waals surface area (Å²) in [7, 11) is 0. The Morgan fingerprint density at radius 2 is 2.05 bits per heavy atom. The Morgan fingerprint density at radius 1 is 1.33 bits per heavy atom. The lowest BCUT2D eigenvalue weighted by atomic mass is 9.96. The zero-order valence-corrected chi connectivity index (χ0v) is 12.8. The molecule has 21 heavy (non-hydrogen) atoms. The molecule has 1 aliphatic rings. The predicted octanol–water partition coefficient (Wildman–Crippen LogP) is 4.10. The molecule has 4 nitrogen and oxygen atoms in total. The van der Waals surface area contributed by atoms with E-state index in [9.17, 15) is 5.11 Å². The van der Waals surface area contributed by atoms with Gasteiger partial charge in [0, 0.05) is 5.69 Å².